The minimum absolute atomic E-state index is 0.0101. The van der Waals surface area contributed by atoms with Gasteiger partial charge < -0.3 is 9.30 Å². The van der Waals surface area contributed by atoms with Crippen molar-refractivity contribution in [3.63, 3.8) is 0 Å². The van der Waals surface area contributed by atoms with E-state index in [0.29, 0.717) is 18.8 Å². The maximum atomic E-state index is 12.4. The Kier molecular flexibility index (Phi) is 5.22. The van der Waals surface area contributed by atoms with Crippen molar-refractivity contribution in [2.45, 2.75) is 60.4 Å². The number of rotatable bonds is 4. The van der Waals surface area contributed by atoms with Gasteiger partial charge in [-0.2, -0.15) is 0 Å². The summed E-state index contributed by atoms with van der Waals surface area (Å²) >= 11 is 0. The van der Waals surface area contributed by atoms with Crippen molar-refractivity contribution in [2.24, 2.45) is 0 Å². The summed E-state index contributed by atoms with van der Waals surface area (Å²) in [5.74, 6) is -0.254. The summed E-state index contributed by atoms with van der Waals surface area (Å²) in [6.07, 6.45) is 2.09. The molecule has 1 aromatic heterocycles. The van der Waals surface area contributed by atoms with E-state index in [1.807, 2.05) is 17.6 Å². The van der Waals surface area contributed by atoms with Crippen LogP contribution < -0.4 is 0 Å². The summed E-state index contributed by atoms with van der Waals surface area (Å²) in [4.78, 5) is 12.4. The van der Waals surface area contributed by atoms with Gasteiger partial charge in [0.1, 0.15) is 5.69 Å². The first-order chi connectivity index (χ1) is 11.1. The third kappa shape index (κ3) is 3.89. The molecule has 0 bridgehead atoms. The highest BCUT2D eigenvalue weighted by molar-refractivity contribution is 5.88. The lowest BCUT2D eigenvalue weighted by Gasteiger charge is -2.16. The van der Waals surface area contributed by atoms with E-state index in [0.717, 1.165) is 5.56 Å². The summed E-state index contributed by atoms with van der Waals surface area (Å²) in [7, 11) is 0. The van der Waals surface area contributed by atoms with Gasteiger partial charge in [-0.1, -0.05) is 38.5 Å². The lowest BCUT2D eigenvalue weighted by molar-refractivity contribution is 0.0514. The quantitative estimate of drug-likeness (QED) is 0.745. The summed E-state index contributed by atoms with van der Waals surface area (Å²) in [6, 6.07) is 6.36. The van der Waals surface area contributed by atoms with E-state index in [1.54, 1.807) is 0 Å². The number of carbonyl (C=O) groups excluding carboxylic acids is 1. The summed E-state index contributed by atoms with van der Waals surface area (Å²) in [5.41, 5.74) is 6.81. The zero-order chi connectivity index (χ0) is 18.1. The molecule has 2 rings (SSSR count). The van der Waals surface area contributed by atoms with Gasteiger partial charge in [-0.3, -0.25) is 0 Å². The van der Waals surface area contributed by atoms with Crippen LogP contribution in [0, 0.1) is 20.8 Å². The van der Waals surface area contributed by atoms with Crippen molar-refractivity contribution >= 4 is 5.97 Å². The molecular weight excluding hydrogens is 298 g/mol. The number of aromatic nitrogens is 1. The first-order valence-electron chi connectivity index (χ1n) is 8.58. The molecule has 130 valence electrons. The number of carbonyl (C=O) groups is 1. The van der Waals surface area contributed by atoms with Crippen molar-refractivity contribution in [1.82, 2.24) is 4.57 Å². The molecule has 24 heavy (non-hydrogen) atoms. The van der Waals surface area contributed by atoms with Crippen LogP contribution in [-0.4, -0.2) is 17.1 Å². The second kappa shape index (κ2) is 6.84. The molecule has 0 unspecified atom stereocenters. The molecule has 0 aliphatic carbocycles. The Morgan fingerprint density at radius 3 is 2.17 bits per heavy atom. The molecule has 2 aromatic rings. The van der Waals surface area contributed by atoms with Gasteiger partial charge >= 0.3 is 5.97 Å². The number of nitrogens with zero attached hydrogens (tertiary/aromatic N) is 1. The van der Waals surface area contributed by atoms with E-state index in [4.69, 9.17) is 4.74 Å². The van der Waals surface area contributed by atoms with Crippen molar-refractivity contribution in [3.8, 4) is 0 Å². The van der Waals surface area contributed by atoms with E-state index < -0.39 is 0 Å². The predicted molar refractivity (Wildman–Crippen MR) is 98.8 cm³/mol. The summed E-state index contributed by atoms with van der Waals surface area (Å²) in [6.45, 7) is 15.8. The van der Waals surface area contributed by atoms with Gasteiger partial charge in [0.25, 0.3) is 0 Å². The monoisotopic (exact) mass is 327 g/mol. The Bertz CT molecular complexity index is 725. The van der Waals surface area contributed by atoms with Gasteiger partial charge in [-0.05, 0) is 61.4 Å². The zero-order valence-corrected chi connectivity index (χ0v) is 16.0. The topological polar surface area (TPSA) is 31.2 Å². The molecule has 0 atom stereocenters. The standard InChI is InChI=1S/C21H29NO2/c1-8-24-20(23)19-11-17(21(5,6)7)12-22(19)13-18-15(3)9-14(2)10-16(18)4/h9-12H,8,13H2,1-7H3. The first-order valence-corrected chi connectivity index (χ1v) is 8.58. The number of hydrogen-bond acceptors (Lipinski definition) is 2. The third-order valence-corrected chi connectivity index (χ3v) is 4.42. The van der Waals surface area contributed by atoms with Gasteiger partial charge in [-0.15, -0.1) is 0 Å². The highest BCUT2D eigenvalue weighted by Crippen LogP contribution is 2.26. The Balaban J connectivity index is 2.49. The normalized spacial score (nSPS) is 11.6. The second-order valence-corrected chi connectivity index (χ2v) is 7.59. The molecule has 0 amide bonds. The highest BCUT2D eigenvalue weighted by atomic mass is 16.5. The van der Waals surface area contributed by atoms with Gasteiger partial charge in [0.15, 0.2) is 0 Å². The molecule has 0 saturated heterocycles. The molecule has 3 nitrogen and oxygen atoms in total. The maximum Gasteiger partial charge on any atom is 0.354 e. The third-order valence-electron chi connectivity index (χ3n) is 4.42. The summed E-state index contributed by atoms with van der Waals surface area (Å²) in [5, 5.41) is 0. The van der Waals surface area contributed by atoms with E-state index in [2.05, 4.69) is 59.9 Å². The average Bonchev–Trinajstić information content (AvgIpc) is 2.87. The Hall–Kier alpha value is -2.03. The molecule has 0 radical (unpaired) electrons. The fourth-order valence-electron chi connectivity index (χ4n) is 3.06. The first kappa shape index (κ1) is 18.3. The van der Waals surface area contributed by atoms with Crippen LogP contribution in [0.1, 0.15) is 66.0 Å². The van der Waals surface area contributed by atoms with Crippen LogP contribution in [0.5, 0.6) is 0 Å². The minimum Gasteiger partial charge on any atom is -0.461 e. The van der Waals surface area contributed by atoms with Crippen molar-refractivity contribution in [3.05, 3.63) is 57.9 Å². The molecular formula is C21H29NO2. The number of hydrogen-bond donors (Lipinski definition) is 0. The van der Waals surface area contributed by atoms with Crippen LogP contribution in [0.2, 0.25) is 0 Å². The van der Waals surface area contributed by atoms with E-state index in [9.17, 15) is 4.79 Å². The fourth-order valence-corrected chi connectivity index (χ4v) is 3.06. The van der Waals surface area contributed by atoms with Crippen LogP contribution in [0.4, 0.5) is 0 Å². The molecule has 0 saturated carbocycles. The highest BCUT2D eigenvalue weighted by Gasteiger charge is 2.22. The van der Waals surface area contributed by atoms with Crippen LogP contribution in [0.25, 0.3) is 0 Å². The number of ether oxygens (including phenoxy) is 1. The molecule has 0 N–H and O–H groups in total. The number of esters is 1. The van der Waals surface area contributed by atoms with Crippen LogP contribution in [0.3, 0.4) is 0 Å². The van der Waals surface area contributed by atoms with E-state index in [-0.39, 0.29) is 11.4 Å². The lowest BCUT2D eigenvalue weighted by Crippen LogP contribution is -2.13. The van der Waals surface area contributed by atoms with Crippen LogP contribution in [-0.2, 0) is 16.7 Å². The number of aryl methyl sites for hydroxylation is 3. The maximum absolute atomic E-state index is 12.4. The average molecular weight is 327 g/mol. The predicted octanol–water partition coefficient (Wildman–Crippen LogP) is 4.94. The lowest BCUT2D eigenvalue weighted by atomic mass is 9.89. The van der Waals surface area contributed by atoms with Gasteiger partial charge in [0.2, 0.25) is 0 Å². The molecule has 0 spiro atoms. The van der Waals surface area contributed by atoms with Crippen LogP contribution in [0.15, 0.2) is 24.4 Å². The molecule has 0 aliphatic rings. The Morgan fingerprint density at radius 2 is 1.67 bits per heavy atom. The summed E-state index contributed by atoms with van der Waals surface area (Å²) < 4.78 is 7.28. The van der Waals surface area contributed by atoms with Crippen molar-refractivity contribution in [2.75, 3.05) is 6.61 Å². The largest absolute Gasteiger partial charge is 0.461 e. The van der Waals surface area contributed by atoms with Gasteiger partial charge in [-0.25, -0.2) is 4.79 Å². The van der Waals surface area contributed by atoms with E-state index in [1.165, 1.54) is 22.3 Å². The molecule has 1 aromatic carbocycles. The van der Waals surface area contributed by atoms with Crippen molar-refractivity contribution in [1.29, 1.82) is 0 Å². The van der Waals surface area contributed by atoms with Crippen molar-refractivity contribution < 1.29 is 9.53 Å². The fraction of sp³-hybridized carbons (Fsp3) is 0.476. The second-order valence-electron chi connectivity index (χ2n) is 7.59. The Morgan fingerprint density at radius 1 is 1.08 bits per heavy atom. The molecule has 1 heterocycles. The molecule has 0 fully saturated rings. The van der Waals surface area contributed by atoms with Crippen LogP contribution >= 0.6 is 0 Å². The smallest absolute Gasteiger partial charge is 0.354 e. The SMILES string of the molecule is CCOC(=O)c1cc(C(C)(C)C)cn1Cc1c(C)cc(C)cc1C. The van der Waals surface area contributed by atoms with Gasteiger partial charge in [0.05, 0.1) is 6.61 Å². The van der Waals surface area contributed by atoms with E-state index >= 15 is 0 Å². The molecule has 3 heteroatoms. The zero-order valence-electron chi connectivity index (χ0n) is 16.0. The number of benzene rings is 1. The minimum atomic E-state index is -0.254. The van der Waals surface area contributed by atoms with Gasteiger partial charge in [0, 0.05) is 12.7 Å². The molecule has 0 aliphatic heterocycles. The Labute approximate surface area is 145 Å².